The molecule has 0 atom stereocenters. The van der Waals surface area contributed by atoms with Gasteiger partial charge in [-0.3, -0.25) is 4.98 Å². The van der Waals surface area contributed by atoms with Gasteiger partial charge in [-0.1, -0.05) is 18.2 Å². The highest BCUT2D eigenvalue weighted by molar-refractivity contribution is 6.25. The zero-order valence-corrected chi connectivity index (χ0v) is 9.25. The maximum atomic E-state index is 5.98. The van der Waals surface area contributed by atoms with E-state index in [1.807, 2.05) is 42.5 Å². The molecular formula is C12H10ClN3. The minimum Gasteiger partial charge on any atom is -0.265 e. The molecule has 0 unspecified atom stereocenters. The first kappa shape index (κ1) is 10.6. The number of hydrazone groups is 1. The summed E-state index contributed by atoms with van der Waals surface area (Å²) < 4.78 is 1.31. The molecule has 2 aromatic rings. The maximum absolute atomic E-state index is 5.98. The highest BCUT2D eigenvalue weighted by Gasteiger charge is 1.97. The summed E-state index contributed by atoms with van der Waals surface area (Å²) in [4.78, 5) is 3.92. The van der Waals surface area contributed by atoms with Crippen LogP contribution in [0.5, 0.6) is 0 Å². The van der Waals surface area contributed by atoms with Crippen LogP contribution in [0.25, 0.3) is 0 Å². The molecular weight excluding hydrogens is 222 g/mol. The van der Waals surface area contributed by atoms with Crippen molar-refractivity contribution in [3.63, 3.8) is 0 Å². The van der Waals surface area contributed by atoms with Gasteiger partial charge < -0.3 is 0 Å². The molecule has 0 saturated heterocycles. The van der Waals surface area contributed by atoms with E-state index in [2.05, 4.69) is 10.1 Å². The minimum absolute atomic E-state index is 0.828. The van der Waals surface area contributed by atoms with Crippen molar-refractivity contribution in [3.05, 3.63) is 60.4 Å². The summed E-state index contributed by atoms with van der Waals surface area (Å²) in [5.74, 6) is 0. The van der Waals surface area contributed by atoms with Gasteiger partial charge in [-0.15, -0.1) is 0 Å². The zero-order chi connectivity index (χ0) is 11.2. The van der Waals surface area contributed by atoms with Crippen molar-refractivity contribution in [3.8, 4) is 0 Å². The van der Waals surface area contributed by atoms with E-state index < -0.39 is 0 Å². The van der Waals surface area contributed by atoms with Gasteiger partial charge in [0, 0.05) is 24.2 Å². The molecule has 0 amide bonds. The summed E-state index contributed by atoms with van der Waals surface area (Å²) in [5.41, 5.74) is 1.78. The van der Waals surface area contributed by atoms with Gasteiger partial charge in [-0.25, -0.2) is 0 Å². The van der Waals surface area contributed by atoms with Crippen LogP contribution in [0.2, 0.25) is 0 Å². The van der Waals surface area contributed by atoms with Gasteiger partial charge in [0.15, 0.2) is 0 Å². The number of hydrogen-bond donors (Lipinski definition) is 0. The van der Waals surface area contributed by atoms with Crippen molar-refractivity contribution in [2.75, 3.05) is 4.53 Å². The van der Waals surface area contributed by atoms with Crippen molar-refractivity contribution in [1.82, 2.24) is 4.98 Å². The number of halogens is 1. The molecule has 0 spiro atoms. The van der Waals surface area contributed by atoms with Crippen LogP contribution in [0.1, 0.15) is 5.56 Å². The van der Waals surface area contributed by atoms with Crippen LogP contribution in [-0.2, 0) is 0 Å². The fourth-order valence-corrected chi connectivity index (χ4v) is 1.34. The molecule has 3 nitrogen and oxygen atoms in total. The van der Waals surface area contributed by atoms with Crippen molar-refractivity contribution >= 4 is 23.7 Å². The third-order valence-corrected chi connectivity index (χ3v) is 2.27. The SMILES string of the molecule is ClN(N=Cc1ccncc1)c1ccccc1. The number of pyridine rings is 1. The molecule has 1 aromatic heterocycles. The Morgan fingerprint density at radius 2 is 1.75 bits per heavy atom. The van der Waals surface area contributed by atoms with E-state index in [0.29, 0.717) is 0 Å². The van der Waals surface area contributed by atoms with Crippen LogP contribution in [0.4, 0.5) is 5.69 Å². The molecule has 0 bridgehead atoms. The van der Waals surface area contributed by atoms with Gasteiger partial charge in [-0.05, 0) is 29.8 Å². The van der Waals surface area contributed by atoms with Crippen LogP contribution >= 0.6 is 11.8 Å². The predicted octanol–water partition coefficient (Wildman–Crippen LogP) is 3.08. The lowest BCUT2D eigenvalue weighted by molar-refractivity contribution is 1.19. The Kier molecular flexibility index (Phi) is 3.51. The highest BCUT2D eigenvalue weighted by Crippen LogP contribution is 2.15. The van der Waals surface area contributed by atoms with E-state index in [0.717, 1.165) is 11.3 Å². The first-order valence-electron chi connectivity index (χ1n) is 4.81. The van der Waals surface area contributed by atoms with E-state index in [1.54, 1.807) is 18.6 Å². The molecule has 2 rings (SSSR count). The minimum atomic E-state index is 0.828. The largest absolute Gasteiger partial charge is 0.265 e. The van der Waals surface area contributed by atoms with E-state index in [1.165, 1.54) is 4.53 Å². The molecule has 1 aromatic carbocycles. The third-order valence-electron chi connectivity index (χ3n) is 1.98. The first-order chi connectivity index (χ1) is 7.86. The van der Waals surface area contributed by atoms with Crippen molar-refractivity contribution in [2.24, 2.45) is 5.10 Å². The number of aromatic nitrogens is 1. The van der Waals surface area contributed by atoms with Crippen LogP contribution < -0.4 is 4.53 Å². The Morgan fingerprint density at radius 1 is 1.06 bits per heavy atom. The zero-order valence-electron chi connectivity index (χ0n) is 8.49. The molecule has 0 N–H and O–H groups in total. The van der Waals surface area contributed by atoms with E-state index in [9.17, 15) is 0 Å². The monoisotopic (exact) mass is 231 g/mol. The summed E-state index contributed by atoms with van der Waals surface area (Å²) in [6, 6.07) is 13.2. The second-order valence-electron chi connectivity index (χ2n) is 3.12. The fraction of sp³-hybridized carbons (Fsp3) is 0. The standard InChI is InChI=1S/C12H10ClN3/c13-16(12-4-2-1-3-5-12)15-10-11-6-8-14-9-7-11/h1-10H. The normalized spacial score (nSPS) is 10.6. The molecule has 0 fully saturated rings. The molecule has 0 aliphatic heterocycles. The molecule has 1 heterocycles. The molecule has 16 heavy (non-hydrogen) atoms. The molecule has 0 aliphatic carbocycles. The number of rotatable bonds is 3. The van der Waals surface area contributed by atoms with Crippen LogP contribution in [-0.4, -0.2) is 11.2 Å². The first-order valence-corrected chi connectivity index (χ1v) is 5.15. The number of benzene rings is 1. The molecule has 0 saturated carbocycles. The number of nitrogens with zero attached hydrogens (tertiary/aromatic N) is 3. The van der Waals surface area contributed by atoms with Gasteiger partial charge in [0.2, 0.25) is 0 Å². The van der Waals surface area contributed by atoms with E-state index in [-0.39, 0.29) is 0 Å². The van der Waals surface area contributed by atoms with E-state index >= 15 is 0 Å². The molecule has 0 radical (unpaired) electrons. The Balaban J connectivity index is 2.08. The second kappa shape index (κ2) is 5.28. The summed E-state index contributed by atoms with van der Waals surface area (Å²) >= 11 is 5.98. The van der Waals surface area contributed by atoms with Gasteiger partial charge in [0.1, 0.15) is 0 Å². The van der Waals surface area contributed by atoms with Crippen molar-refractivity contribution in [2.45, 2.75) is 0 Å². The average molecular weight is 232 g/mol. The molecule has 4 heteroatoms. The summed E-state index contributed by atoms with van der Waals surface area (Å²) in [6.07, 6.45) is 5.10. The maximum Gasteiger partial charge on any atom is 0.0783 e. The Morgan fingerprint density at radius 3 is 2.44 bits per heavy atom. The summed E-state index contributed by atoms with van der Waals surface area (Å²) in [5, 5.41) is 4.11. The number of anilines is 1. The summed E-state index contributed by atoms with van der Waals surface area (Å²) in [6.45, 7) is 0. The Labute approximate surface area is 99.1 Å². The van der Waals surface area contributed by atoms with Crippen LogP contribution in [0.3, 0.4) is 0 Å². The topological polar surface area (TPSA) is 28.5 Å². The van der Waals surface area contributed by atoms with Gasteiger partial charge in [0.05, 0.1) is 11.9 Å². The highest BCUT2D eigenvalue weighted by atomic mass is 35.5. The van der Waals surface area contributed by atoms with Gasteiger partial charge in [0.25, 0.3) is 0 Å². The lowest BCUT2D eigenvalue weighted by atomic mass is 10.3. The van der Waals surface area contributed by atoms with Crippen LogP contribution in [0.15, 0.2) is 60.0 Å². The van der Waals surface area contributed by atoms with Gasteiger partial charge in [-0.2, -0.15) is 9.63 Å². The third kappa shape index (κ3) is 2.81. The Bertz CT molecular complexity index is 456. The quantitative estimate of drug-likeness (QED) is 0.461. The average Bonchev–Trinajstić information content (AvgIpc) is 2.38. The second-order valence-corrected chi connectivity index (χ2v) is 3.44. The molecule has 0 aliphatic rings. The molecule has 80 valence electrons. The number of para-hydroxylation sites is 1. The Hall–Kier alpha value is -1.87. The predicted molar refractivity (Wildman–Crippen MR) is 66.6 cm³/mol. The van der Waals surface area contributed by atoms with Gasteiger partial charge >= 0.3 is 0 Å². The number of hydrogen-bond acceptors (Lipinski definition) is 3. The lowest BCUT2D eigenvalue weighted by Gasteiger charge is -2.07. The summed E-state index contributed by atoms with van der Waals surface area (Å²) in [7, 11) is 0. The van der Waals surface area contributed by atoms with Crippen molar-refractivity contribution < 1.29 is 0 Å². The van der Waals surface area contributed by atoms with Crippen LogP contribution in [0, 0.1) is 0 Å². The fourth-order valence-electron chi connectivity index (χ4n) is 1.18. The van der Waals surface area contributed by atoms with E-state index in [4.69, 9.17) is 11.8 Å². The smallest absolute Gasteiger partial charge is 0.0783 e. The van der Waals surface area contributed by atoms with Crippen molar-refractivity contribution in [1.29, 1.82) is 0 Å². The lowest BCUT2D eigenvalue weighted by Crippen LogP contribution is -2.00.